The second-order valence-electron chi connectivity index (χ2n) is 7.10. The minimum absolute atomic E-state index is 0.178. The number of para-hydroxylation sites is 1. The largest absolute Gasteiger partial charge is 0.515 e. The Labute approximate surface area is 122 Å². The van der Waals surface area contributed by atoms with Crippen LogP contribution in [-0.4, -0.2) is 26.8 Å². The van der Waals surface area contributed by atoms with Crippen molar-refractivity contribution in [1.29, 1.82) is 0 Å². The maximum atomic E-state index is 12.5. The molecule has 20 heavy (non-hydrogen) atoms. The maximum absolute atomic E-state index is 12.5. The lowest BCUT2D eigenvalue weighted by Gasteiger charge is -2.25. The van der Waals surface area contributed by atoms with E-state index < -0.39 is 16.6 Å². The molecule has 0 aliphatic rings. The summed E-state index contributed by atoms with van der Waals surface area (Å²) in [5.41, 5.74) is 1.84. The molecule has 0 saturated heterocycles. The summed E-state index contributed by atoms with van der Waals surface area (Å²) in [6.45, 7) is 12.8. The molecule has 0 saturated carbocycles. The third-order valence-electron chi connectivity index (χ3n) is 2.99. The maximum Gasteiger partial charge on any atom is 0.340 e. The monoisotopic (exact) mass is 305 g/mol. The summed E-state index contributed by atoms with van der Waals surface area (Å²) in [6, 6.07) is 10.1. The molecule has 0 amide bonds. The fraction of sp³-hybridized carbons (Fsp3) is 0.400. The summed E-state index contributed by atoms with van der Waals surface area (Å²) in [5.74, 6) is -0.178. The number of rotatable bonds is 3. The topological polar surface area (TPSA) is 31.2 Å². The van der Waals surface area contributed by atoms with Gasteiger partial charge >= 0.3 is 5.97 Å². The average molecular weight is 306 g/mol. The van der Waals surface area contributed by atoms with Crippen molar-refractivity contribution in [3.8, 4) is 0 Å². The Bertz CT molecular complexity index is 648. The van der Waals surface area contributed by atoms with E-state index in [1.807, 2.05) is 37.8 Å². The zero-order valence-corrected chi connectivity index (χ0v) is 15.2. The van der Waals surface area contributed by atoms with E-state index in [4.69, 9.17) is 4.43 Å². The van der Waals surface area contributed by atoms with Gasteiger partial charge in [-0.15, -0.1) is 0 Å². The summed E-state index contributed by atoms with van der Waals surface area (Å²) in [4.78, 5) is 12.5. The summed E-state index contributed by atoms with van der Waals surface area (Å²) in [5, 5.41) is 1.11. The van der Waals surface area contributed by atoms with Gasteiger partial charge in [-0.05, 0) is 37.2 Å². The van der Waals surface area contributed by atoms with Crippen LogP contribution in [0, 0.1) is 0 Å². The van der Waals surface area contributed by atoms with Gasteiger partial charge in [-0.2, -0.15) is 0 Å². The Morgan fingerprint density at radius 2 is 1.65 bits per heavy atom. The minimum Gasteiger partial charge on any atom is -0.515 e. The van der Waals surface area contributed by atoms with Crippen molar-refractivity contribution in [3.63, 3.8) is 0 Å². The summed E-state index contributed by atoms with van der Waals surface area (Å²) in [6.07, 6.45) is 0. The lowest BCUT2D eigenvalue weighted by Crippen LogP contribution is -2.37. The fourth-order valence-electron chi connectivity index (χ4n) is 2.36. The highest BCUT2D eigenvalue weighted by Crippen LogP contribution is 2.25. The number of hydrogen-bond donors (Lipinski definition) is 0. The molecule has 0 bridgehead atoms. The summed E-state index contributed by atoms with van der Waals surface area (Å²) < 4.78 is 7.90. The second kappa shape index (κ2) is 4.89. The molecule has 5 heteroatoms. The predicted molar refractivity (Wildman–Crippen MR) is 89.4 cm³/mol. The van der Waals surface area contributed by atoms with Crippen LogP contribution in [0.3, 0.4) is 0 Å². The van der Waals surface area contributed by atoms with Crippen molar-refractivity contribution < 1.29 is 9.22 Å². The lowest BCUT2D eigenvalue weighted by molar-refractivity contribution is 0.0717. The van der Waals surface area contributed by atoms with Crippen molar-refractivity contribution in [1.82, 2.24) is 4.23 Å². The molecule has 0 radical (unpaired) electrons. The number of fused-ring (bicyclic) bond motifs is 1. The molecule has 108 valence electrons. The number of hydrogen-bond acceptors (Lipinski definition) is 2. The molecular formula is C15H23NO2Si2. The van der Waals surface area contributed by atoms with Crippen molar-refractivity contribution >= 4 is 33.4 Å². The van der Waals surface area contributed by atoms with E-state index >= 15 is 0 Å². The standard InChI is InChI=1S/C15H23NO2Si2/c1-19(2,3)16-13-10-8-7-9-12(13)11-14(16)15(17)18-20(4,5)6/h7-11H,1-6H3. The van der Waals surface area contributed by atoms with Gasteiger partial charge in [0.25, 0.3) is 0 Å². The number of benzene rings is 1. The third kappa shape index (κ3) is 3.04. The molecule has 2 aromatic rings. The van der Waals surface area contributed by atoms with E-state index in [0.717, 1.165) is 10.9 Å². The average Bonchev–Trinajstić information content (AvgIpc) is 2.65. The van der Waals surface area contributed by atoms with Gasteiger partial charge in [-0.3, -0.25) is 0 Å². The number of aromatic nitrogens is 1. The third-order valence-corrected chi connectivity index (χ3v) is 5.61. The van der Waals surface area contributed by atoms with Gasteiger partial charge in [0.1, 0.15) is 5.69 Å². The highest BCUT2D eigenvalue weighted by molar-refractivity contribution is 6.76. The molecule has 3 nitrogen and oxygen atoms in total. The molecule has 0 spiro atoms. The summed E-state index contributed by atoms with van der Waals surface area (Å²) in [7, 11) is -3.58. The van der Waals surface area contributed by atoms with Gasteiger partial charge in [0.05, 0.1) is 0 Å². The molecular weight excluding hydrogens is 282 g/mol. The Kier molecular flexibility index (Phi) is 3.68. The molecule has 0 fully saturated rings. The first-order chi connectivity index (χ1) is 9.09. The number of carbonyl (C=O) groups excluding carboxylic acids is 1. The Balaban J connectivity index is 2.61. The van der Waals surface area contributed by atoms with Crippen LogP contribution in [0.1, 0.15) is 10.5 Å². The van der Waals surface area contributed by atoms with Crippen molar-refractivity contribution in [3.05, 3.63) is 36.0 Å². The highest BCUT2D eigenvalue weighted by atomic mass is 28.4. The first kappa shape index (κ1) is 15.1. The van der Waals surface area contributed by atoms with Gasteiger partial charge in [-0.1, -0.05) is 37.8 Å². The van der Waals surface area contributed by atoms with E-state index in [2.05, 4.69) is 36.0 Å². The van der Waals surface area contributed by atoms with Crippen LogP contribution in [0.4, 0.5) is 0 Å². The van der Waals surface area contributed by atoms with Crippen LogP contribution in [0.25, 0.3) is 10.9 Å². The Morgan fingerprint density at radius 1 is 1.05 bits per heavy atom. The first-order valence-electron chi connectivity index (χ1n) is 6.94. The molecule has 1 aromatic carbocycles. The zero-order chi connectivity index (χ0) is 15.1. The molecule has 0 aliphatic heterocycles. The molecule has 1 aromatic heterocycles. The van der Waals surface area contributed by atoms with E-state index in [1.165, 1.54) is 0 Å². The Morgan fingerprint density at radius 3 is 2.20 bits per heavy atom. The van der Waals surface area contributed by atoms with Crippen LogP contribution in [0.2, 0.25) is 39.3 Å². The van der Waals surface area contributed by atoms with Gasteiger partial charge in [-0.25, -0.2) is 4.79 Å². The van der Waals surface area contributed by atoms with Gasteiger partial charge in [0.15, 0.2) is 8.24 Å². The van der Waals surface area contributed by atoms with Crippen molar-refractivity contribution in [2.24, 2.45) is 0 Å². The molecule has 0 aliphatic carbocycles. The number of carbonyl (C=O) groups is 1. The predicted octanol–water partition coefficient (Wildman–Crippen LogP) is 4.32. The van der Waals surface area contributed by atoms with E-state index in [9.17, 15) is 4.79 Å². The first-order valence-corrected chi connectivity index (χ1v) is 13.8. The minimum atomic E-state index is -1.88. The zero-order valence-electron chi connectivity index (χ0n) is 13.2. The van der Waals surface area contributed by atoms with Crippen LogP contribution < -0.4 is 0 Å². The van der Waals surface area contributed by atoms with E-state index in [1.54, 1.807) is 0 Å². The fourth-order valence-corrected chi connectivity index (χ4v) is 4.82. The highest BCUT2D eigenvalue weighted by Gasteiger charge is 2.29. The SMILES string of the molecule is C[Si](C)(C)OC(=O)c1cc2ccccc2n1[Si](C)(C)C. The van der Waals surface area contributed by atoms with E-state index in [0.29, 0.717) is 5.69 Å². The summed E-state index contributed by atoms with van der Waals surface area (Å²) >= 11 is 0. The molecule has 0 unspecified atom stereocenters. The van der Waals surface area contributed by atoms with Gasteiger partial charge in [0.2, 0.25) is 8.32 Å². The normalized spacial score (nSPS) is 12.7. The Hall–Kier alpha value is -1.34. The van der Waals surface area contributed by atoms with Crippen LogP contribution in [0.15, 0.2) is 30.3 Å². The second-order valence-corrected chi connectivity index (χ2v) is 16.3. The van der Waals surface area contributed by atoms with Gasteiger partial charge in [0, 0.05) is 5.52 Å². The van der Waals surface area contributed by atoms with Crippen molar-refractivity contribution in [2.45, 2.75) is 39.3 Å². The van der Waals surface area contributed by atoms with Crippen molar-refractivity contribution in [2.75, 3.05) is 0 Å². The molecule has 0 atom stereocenters. The quantitative estimate of drug-likeness (QED) is 0.791. The van der Waals surface area contributed by atoms with E-state index in [-0.39, 0.29) is 5.97 Å². The smallest absolute Gasteiger partial charge is 0.340 e. The molecule has 2 rings (SSSR count). The number of nitrogens with zero attached hydrogens (tertiary/aromatic N) is 1. The lowest BCUT2D eigenvalue weighted by atomic mass is 10.2. The molecule has 1 heterocycles. The molecule has 0 N–H and O–H groups in total. The van der Waals surface area contributed by atoms with Crippen LogP contribution in [0.5, 0.6) is 0 Å². The van der Waals surface area contributed by atoms with Gasteiger partial charge < -0.3 is 8.66 Å². The van der Waals surface area contributed by atoms with Crippen LogP contribution in [-0.2, 0) is 4.43 Å². The van der Waals surface area contributed by atoms with Crippen LogP contribution >= 0.6 is 0 Å².